The average molecular weight is 361 g/mol. The molecule has 1 heterocycles. The summed E-state index contributed by atoms with van der Waals surface area (Å²) in [6.07, 6.45) is 1.23. The number of nitrogens with zero attached hydrogens (tertiary/aromatic N) is 3. The van der Waals surface area contributed by atoms with E-state index in [1.807, 2.05) is 11.0 Å². The van der Waals surface area contributed by atoms with Gasteiger partial charge in [-0.2, -0.15) is 0 Å². The maximum Gasteiger partial charge on any atom is 0.321 e. The number of amides is 2. The Morgan fingerprint density at radius 3 is 2.35 bits per heavy atom. The van der Waals surface area contributed by atoms with Gasteiger partial charge < -0.3 is 15.1 Å². The molecule has 0 aliphatic carbocycles. The zero-order chi connectivity index (χ0) is 19.1. The van der Waals surface area contributed by atoms with E-state index in [0.717, 1.165) is 63.0 Å². The number of benzene rings is 1. The summed E-state index contributed by atoms with van der Waals surface area (Å²) in [4.78, 5) is 19.3. The van der Waals surface area contributed by atoms with E-state index in [9.17, 15) is 4.79 Å². The second-order valence-electron chi connectivity index (χ2n) is 7.61. The van der Waals surface area contributed by atoms with Crippen LogP contribution in [0.15, 0.2) is 18.2 Å². The lowest BCUT2D eigenvalue weighted by Gasteiger charge is -2.35. The number of urea groups is 1. The van der Waals surface area contributed by atoms with E-state index in [1.54, 1.807) is 0 Å². The first-order valence-corrected chi connectivity index (χ1v) is 10.1. The summed E-state index contributed by atoms with van der Waals surface area (Å²) in [7, 11) is 0. The third-order valence-corrected chi connectivity index (χ3v) is 5.26. The lowest BCUT2D eigenvalue weighted by Crippen LogP contribution is -2.50. The number of anilines is 2. The number of aryl methyl sites for hydroxylation is 1. The summed E-state index contributed by atoms with van der Waals surface area (Å²) in [6.45, 7) is 17.6. The molecular formula is C21H36N4O. The first-order valence-electron chi connectivity index (χ1n) is 10.1. The van der Waals surface area contributed by atoms with E-state index in [4.69, 9.17) is 0 Å². The molecule has 1 N–H and O–H groups in total. The Kier molecular flexibility index (Phi) is 7.76. The smallest absolute Gasteiger partial charge is 0.321 e. The van der Waals surface area contributed by atoms with E-state index in [-0.39, 0.29) is 6.03 Å². The van der Waals surface area contributed by atoms with Crippen LogP contribution in [0.1, 0.15) is 39.7 Å². The van der Waals surface area contributed by atoms with Gasteiger partial charge in [0.1, 0.15) is 0 Å². The van der Waals surface area contributed by atoms with Crippen LogP contribution < -0.4 is 10.2 Å². The van der Waals surface area contributed by atoms with Crippen LogP contribution >= 0.6 is 0 Å². The van der Waals surface area contributed by atoms with E-state index in [0.29, 0.717) is 0 Å². The summed E-state index contributed by atoms with van der Waals surface area (Å²) in [5.74, 6) is 0.735. The highest BCUT2D eigenvalue weighted by molar-refractivity contribution is 5.90. The lowest BCUT2D eigenvalue weighted by molar-refractivity contribution is 0.143. The largest absolute Gasteiger partial charge is 0.372 e. The molecule has 2 rings (SSSR count). The fourth-order valence-electron chi connectivity index (χ4n) is 3.38. The first-order chi connectivity index (χ1) is 12.4. The quantitative estimate of drug-likeness (QED) is 0.798. The van der Waals surface area contributed by atoms with Crippen LogP contribution in [0.3, 0.4) is 0 Å². The number of carbonyl (C=O) groups excluding carboxylic acids is 1. The van der Waals surface area contributed by atoms with Gasteiger partial charge in [-0.15, -0.1) is 0 Å². The van der Waals surface area contributed by atoms with Gasteiger partial charge in [-0.1, -0.05) is 13.8 Å². The van der Waals surface area contributed by atoms with Crippen molar-refractivity contribution in [3.63, 3.8) is 0 Å². The predicted octanol–water partition coefficient (Wildman–Crippen LogP) is 4.04. The molecule has 26 heavy (non-hydrogen) atoms. The average Bonchev–Trinajstić information content (AvgIpc) is 2.63. The Bertz CT molecular complexity index is 575. The van der Waals surface area contributed by atoms with Crippen molar-refractivity contribution in [3.8, 4) is 0 Å². The summed E-state index contributed by atoms with van der Waals surface area (Å²) in [6, 6.07) is 6.30. The van der Waals surface area contributed by atoms with Crippen LogP contribution in [0, 0.1) is 12.8 Å². The van der Waals surface area contributed by atoms with Crippen molar-refractivity contribution >= 4 is 17.4 Å². The maximum absolute atomic E-state index is 12.6. The minimum atomic E-state index is 0.0206. The maximum atomic E-state index is 12.6. The molecule has 1 fully saturated rings. The van der Waals surface area contributed by atoms with Crippen LogP contribution in [0.5, 0.6) is 0 Å². The van der Waals surface area contributed by atoms with Gasteiger partial charge in [0.2, 0.25) is 0 Å². The SMILES string of the molecule is CCN(CC)c1ccc(NC(=O)N2CCN(CCC(C)C)CC2)c(C)c1. The van der Waals surface area contributed by atoms with Gasteiger partial charge in [0.05, 0.1) is 0 Å². The van der Waals surface area contributed by atoms with Crippen LogP contribution in [0.25, 0.3) is 0 Å². The van der Waals surface area contributed by atoms with Gasteiger partial charge in [0.25, 0.3) is 0 Å². The van der Waals surface area contributed by atoms with Crippen LogP contribution in [0.2, 0.25) is 0 Å². The number of piperazine rings is 1. The molecule has 1 aromatic carbocycles. The molecule has 0 bridgehead atoms. The molecule has 1 saturated heterocycles. The van der Waals surface area contributed by atoms with Crippen LogP contribution in [0.4, 0.5) is 16.2 Å². The standard InChI is InChI=1S/C21H36N4O/c1-6-24(7-2)19-8-9-20(18(5)16-19)22-21(26)25-14-12-23(13-15-25)11-10-17(3)4/h8-9,16-17H,6-7,10-15H2,1-5H3,(H,22,26). The van der Waals surface area contributed by atoms with Crippen molar-refractivity contribution in [2.75, 3.05) is 56.0 Å². The van der Waals surface area contributed by atoms with E-state index < -0.39 is 0 Å². The fraction of sp³-hybridized carbons (Fsp3) is 0.667. The molecule has 146 valence electrons. The molecular weight excluding hydrogens is 324 g/mol. The normalized spacial score (nSPS) is 15.4. The summed E-state index contributed by atoms with van der Waals surface area (Å²) >= 11 is 0. The predicted molar refractivity (Wildman–Crippen MR) is 111 cm³/mol. The Morgan fingerprint density at radius 1 is 1.15 bits per heavy atom. The Morgan fingerprint density at radius 2 is 1.81 bits per heavy atom. The number of hydrogen-bond donors (Lipinski definition) is 1. The van der Waals surface area contributed by atoms with Crippen molar-refractivity contribution in [1.29, 1.82) is 0 Å². The molecule has 0 spiro atoms. The summed E-state index contributed by atoms with van der Waals surface area (Å²) < 4.78 is 0. The van der Waals surface area contributed by atoms with Gasteiger partial charge in [-0.3, -0.25) is 4.90 Å². The minimum Gasteiger partial charge on any atom is -0.372 e. The Balaban J connectivity index is 1.88. The molecule has 5 nitrogen and oxygen atoms in total. The van der Waals surface area contributed by atoms with E-state index >= 15 is 0 Å². The second kappa shape index (κ2) is 9.81. The molecule has 0 unspecified atom stereocenters. The van der Waals surface area contributed by atoms with Gasteiger partial charge in [-0.25, -0.2) is 4.79 Å². The van der Waals surface area contributed by atoms with Gasteiger partial charge in [0, 0.05) is 50.6 Å². The van der Waals surface area contributed by atoms with E-state index in [2.05, 4.69) is 61.9 Å². The Hall–Kier alpha value is -1.75. The summed E-state index contributed by atoms with van der Waals surface area (Å²) in [5, 5.41) is 3.10. The minimum absolute atomic E-state index is 0.0206. The highest BCUT2D eigenvalue weighted by Gasteiger charge is 2.21. The molecule has 1 aliphatic heterocycles. The van der Waals surface area contributed by atoms with Crippen LogP contribution in [-0.2, 0) is 0 Å². The third kappa shape index (κ3) is 5.63. The van der Waals surface area contributed by atoms with Crippen molar-refractivity contribution in [1.82, 2.24) is 9.80 Å². The number of rotatable bonds is 7. The van der Waals surface area contributed by atoms with Gasteiger partial charge >= 0.3 is 6.03 Å². The third-order valence-electron chi connectivity index (χ3n) is 5.26. The monoisotopic (exact) mass is 360 g/mol. The summed E-state index contributed by atoms with van der Waals surface area (Å²) in [5.41, 5.74) is 3.23. The van der Waals surface area contributed by atoms with Crippen LogP contribution in [-0.4, -0.2) is 61.6 Å². The second-order valence-corrected chi connectivity index (χ2v) is 7.61. The molecule has 1 aliphatic rings. The molecule has 5 heteroatoms. The van der Waals surface area contributed by atoms with Gasteiger partial charge in [0.15, 0.2) is 0 Å². The zero-order valence-electron chi connectivity index (χ0n) is 17.2. The van der Waals surface area contributed by atoms with Gasteiger partial charge in [-0.05, 0) is 63.4 Å². The Labute approximate surface area is 159 Å². The molecule has 2 amide bonds. The molecule has 1 aromatic rings. The highest BCUT2D eigenvalue weighted by Crippen LogP contribution is 2.23. The topological polar surface area (TPSA) is 38.8 Å². The zero-order valence-corrected chi connectivity index (χ0v) is 17.2. The number of nitrogens with one attached hydrogen (secondary N) is 1. The van der Waals surface area contributed by atoms with Crippen molar-refractivity contribution in [3.05, 3.63) is 23.8 Å². The highest BCUT2D eigenvalue weighted by atomic mass is 16.2. The molecule has 0 saturated carbocycles. The lowest BCUT2D eigenvalue weighted by atomic mass is 10.1. The molecule has 0 aromatic heterocycles. The van der Waals surface area contributed by atoms with Crippen molar-refractivity contribution in [2.24, 2.45) is 5.92 Å². The number of carbonyl (C=O) groups is 1. The number of hydrogen-bond acceptors (Lipinski definition) is 3. The molecule has 0 atom stereocenters. The fourth-order valence-corrected chi connectivity index (χ4v) is 3.38. The first kappa shape index (κ1) is 20.6. The van der Waals surface area contributed by atoms with E-state index in [1.165, 1.54) is 12.1 Å². The molecule has 0 radical (unpaired) electrons. The van der Waals surface area contributed by atoms with Crippen molar-refractivity contribution < 1.29 is 4.79 Å². The van der Waals surface area contributed by atoms with Crippen molar-refractivity contribution in [2.45, 2.75) is 41.0 Å².